The minimum absolute atomic E-state index is 0.162. The molecule has 84 valence electrons. The fraction of sp³-hybridized carbons (Fsp3) is 0.400. The number of carbonyl (C=O) groups is 1. The standard InChI is InChI=1S/C10H13N5O/c1-2-3-5-11-9(16)8-13-10-12-6-4-7-15(10)14-8/h4,6-7H,2-3,5H2,1H3,(H,11,16). The number of unbranched alkanes of at least 4 members (excludes halogenated alkanes) is 1. The van der Waals surface area contributed by atoms with Crippen molar-refractivity contribution < 1.29 is 4.79 Å². The van der Waals surface area contributed by atoms with Gasteiger partial charge in [0.05, 0.1) is 0 Å². The quantitative estimate of drug-likeness (QED) is 0.766. The van der Waals surface area contributed by atoms with E-state index in [1.54, 1.807) is 18.5 Å². The second-order valence-electron chi connectivity index (χ2n) is 3.41. The van der Waals surface area contributed by atoms with Crippen LogP contribution in [0.25, 0.3) is 5.78 Å². The van der Waals surface area contributed by atoms with Crippen molar-refractivity contribution in [2.24, 2.45) is 0 Å². The zero-order valence-corrected chi connectivity index (χ0v) is 9.05. The van der Waals surface area contributed by atoms with E-state index in [0.29, 0.717) is 12.3 Å². The molecule has 0 bridgehead atoms. The number of nitrogens with one attached hydrogen (secondary N) is 1. The van der Waals surface area contributed by atoms with E-state index in [-0.39, 0.29) is 11.7 Å². The van der Waals surface area contributed by atoms with Crippen molar-refractivity contribution in [1.29, 1.82) is 0 Å². The third kappa shape index (κ3) is 2.16. The van der Waals surface area contributed by atoms with Crippen molar-refractivity contribution in [1.82, 2.24) is 24.9 Å². The first-order valence-corrected chi connectivity index (χ1v) is 5.27. The zero-order valence-electron chi connectivity index (χ0n) is 9.05. The summed E-state index contributed by atoms with van der Waals surface area (Å²) in [4.78, 5) is 19.6. The number of amides is 1. The van der Waals surface area contributed by atoms with Gasteiger partial charge in [0.25, 0.3) is 11.7 Å². The summed E-state index contributed by atoms with van der Waals surface area (Å²) >= 11 is 0. The van der Waals surface area contributed by atoms with Crippen LogP contribution in [0.15, 0.2) is 18.5 Å². The molecule has 0 aliphatic heterocycles. The monoisotopic (exact) mass is 219 g/mol. The molecule has 0 saturated heterocycles. The van der Waals surface area contributed by atoms with Gasteiger partial charge in [0.15, 0.2) is 0 Å². The molecule has 0 saturated carbocycles. The molecule has 2 heterocycles. The molecule has 0 aromatic carbocycles. The number of aromatic nitrogens is 4. The second kappa shape index (κ2) is 4.69. The number of hydrogen-bond donors (Lipinski definition) is 1. The van der Waals surface area contributed by atoms with Gasteiger partial charge < -0.3 is 5.32 Å². The molecule has 0 unspecified atom stereocenters. The first-order chi connectivity index (χ1) is 7.81. The normalized spacial score (nSPS) is 10.6. The molecule has 1 amide bonds. The molecule has 6 nitrogen and oxygen atoms in total. The predicted molar refractivity (Wildman–Crippen MR) is 58.0 cm³/mol. The third-order valence-corrected chi connectivity index (χ3v) is 2.14. The second-order valence-corrected chi connectivity index (χ2v) is 3.41. The van der Waals surface area contributed by atoms with Crippen LogP contribution in [0.3, 0.4) is 0 Å². The lowest BCUT2D eigenvalue weighted by atomic mass is 10.3. The van der Waals surface area contributed by atoms with E-state index in [1.807, 2.05) is 0 Å². The van der Waals surface area contributed by atoms with Crippen molar-refractivity contribution in [2.45, 2.75) is 19.8 Å². The van der Waals surface area contributed by atoms with Gasteiger partial charge in [0.1, 0.15) is 0 Å². The Hall–Kier alpha value is -1.98. The number of carbonyl (C=O) groups excluding carboxylic acids is 1. The highest BCUT2D eigenvalue weighted by atomic mass is 16.2. The molecule has 0 aliphatic rings. The Morgan fingerprint density at radius 1 is 1.56 bits per heavy atom. The average Bonchev–Trinajstić information content (AvgIpc) is 2.73. The summed E-state index contributed by atoms with van der Waals surface area (Å²) in [6, 6.07) is 1.74. The smallest absolute Gasteiger partial charge is 0.291 e. The van der Waals surface area contributed by atoms with Crippen LogP contribution in [-0.4, -0.2) is 32.0 Å². The van der Waals surface area contributed by atoms with Crippen LogP contribution < -0.4 is 5.32 Å². The Morgan fingerprint density at radius 3 is 3.19 bits per heavy atom. The van der Waals surface area contributed by atoms with Gasteiger partial charge in [0, 0.05) is 18.9 Å². The Kier molecular flexibility index (Phi) is 3.09. The van der Waals surface area contributed by atoms with Crippen LogP contribution in [0.4, 0.5) is 0 Å². The molecule has 0 fully saturated rings. The molecular weight excluding hydrogens is 206 g/mol. The Balaban J connectivity index is 2.11. The maximum Gasteiger partial charge on any atom is 0.291 e. The lowest BCUT2D eigenvalue weighted by Crippen LogP contribution is -2.25. The first kappa shape index (κ1) is 10.5. The topological polar surface area (TPSA) is 72.2 Å². The van der Waals surface area contributed by atoms with E-state index in [0.717, 1.165) is 12.8 Å². The summed E-state index contributed by atoms with van der Waals surface area (Å²) in [5, 5.41) is 6.78. The summed E-state index contributed by atoms with van der Waals surface area (Å²) in [6.45, 7) is 2.72. The van der Waals surface area contributed by atoms with Gasteiger partial charge in [-0.3, -0.25) is 4.79 Å². The maximum atomic E-state index is 11.6. The lowest BCUT2D eigenvalue weighted by molar-refractivity contribution is 0.0943. The van der Waals surface area contributed by atoms with Crippen LogP contribution >= 0.6 is 0 Å². The summed E-state index contributed by atoms with van der Waals surface area (Å²) in [5.74, 6) is 0.344. The van der Waals surface area contributed by atoms with Gasteiger partial charge >= 0.3 is 0 Å². The number of hydrogen-bond acceptors (Lipinski definition) is 4. The van der Waals surface area contributed by atoms with Crippen LogP contribution in [-0.2, 0) is 0 Å². The van der Waals surface area contributed by atoms with Crippen LogP contribution in [0.5, 0.6) is 0 Å². The average molecular weight is 219 g/mol. The van der Waals surface area contributed by atoms with Crippen molar-refractivity contribution in [2.75, 3.05) is 6.54 Å². The molecule has 0 aliphatic carbocycles. The Morgan fingerprint density at radius 2 is 2.44 bits per heavy atom. The zero-order chi connectivity index (χ0) is 11.4. The fourth-order valence-electron chi connectivity index (χ4n) is 1.29. The largest absolute Gasteiger partial charge is 0.349 e. The molecule has 2 aromatic rings. The van der Waals surface area contributed by atoms with E-state index >= 15 is 0 Å². The van der Waals surface area contributed by atoms with Gasteiger partial charge in [-0.05, 0) is 12.5 Å². The Labute approximate surface area is 92.7 Å². The number of nitrogens with zero attached hydrogens (tertiary/aromatic N) is 4. The highest BCUT2D eigenvalue weighted by molar-refractivity contribution is 5.90. The predicted octanol–water partition coefficient (Wildman–Crippen LogP) is 0.654. The highest BCUT2D eigenvalue weighted by Gasteiger charge is 2.11. The molecule has 2 rings (SSSR count). The number of rotatable bonds is 4. The SMILES string of the molecule is CCCCNC(=O)c1nc2ncccn2n1. The third-order valence-electron chi connectivity index (χ3n) is 2.14. The minimum atomic E-state index is -0.251. The minimum Gasteiger partial charge on any atom is -0.349 e. The van der Waals surface area contributed by atoms with Crippen LogP contribution in [0.2, 0.25) is 0 Å². The van der Waals surface area contributed by atoms with E-state index in [1.165, 1.54) is 4.52 Å². The fourth-order valence-corrected chi connectivity index (χ4v) is 1.29. The van der Waals surface area contributed by atoms with Gasteiger partial charge in [-0.15, -0.1) is 5.10 Å². The molecule has 0 radical (unpaired) electrons. The van der Waals surface area contributed by atoms with Crippen LogP contribution in [0, 0.1) is 0 Å². The summed E-state index contributed by atoms with van der Waals surface area (Å²) in [7, 11) is 0. The van der Waals surface area contributed by atoms with Crippen molar-refractivity contribution in [3.63, 3.8) is 0 Å². The van der Waals surface area contributed by atoms with E-state index in [4.69, 9.17) is 0 Å². The van der Waals surface area contributed by atoms with Gasteiger partial charge in [-0.25, -0.2) is 9.50 Å². The summed E-state index contributed by atoms with van der Waals surface area (Å²) in [5.41, 5.74) is 0. The Bertz CT molecular complexity index is 460. The summed E-state index contributed by atoms with van der Waals surface area (Å²) in [6.07, 6.45) is 5.32. The molecular formula is C10H13N5O. The maximum absolute atomic E-state index is 11.6. The molecule has 0 atom stereocenters. The van der Waals surface area contributed by atoms with E-state index < -0.39 is 0 Å². The molecule has 16 heavy (non-hydrogen) atoms. The number of fused-ring (bicyclic) bond motifs is 1. The molecule has 6 heteroatoms. The highest BCUT2D eigenvalue weighted by Crippen LogP contribution is 1.96. The first-order valence-electron chi connectivity index (χ1n) is 5.27. The van der Waals surface area contributed by atoms with Crippen molar-refractivity contribution in [3.05, 3.63) is 24.3 Å². The van der Waals surface area contributed by atoms with Gasteiger partial charge in [-0.1, -0.05) is 13.3 Å². The summed E-state index contributed by atoms with van der Waals surface area (Å²) < 4.78 is 1.48. The van der Waals surface area contributed by atoms with E-state index in [9.17, 15) is 4.79 Å². The van der Waals surface area contributed by atoms with Crippen LogP contribution in [0.1, 0.15) is 30.4 Å². The molecule has 1 N–H and O–H groups in total. The van der Waals surface area contributed by atoms with Gasteiger partial charge in [0.2, 0.25) is 5.82 Å². The lowest BCUT2D eigenvalue weighted by Gasteiger charge is -1.98. The van der Waals surface area contributed by atoms with E-state index in [2.05, 4.69) is 27.3 Å². The molecule has 0 spiro atoms. The van der Waals surface area contributed by atoms with Crippen molar-refractivity contribution in [3.8, 4) is 0 Å². The van der Waals surface area contributed by atoms with Gasteiger partial charge in [-0.2, -0.15) is 4.98 Å². The molecule has 2 aromatic heterocycles. The van der Waals surface area contributed by atoms with Crippen molar-refractivity contribution >= 4 is 11.7 Å².